The lowest BCUT2D eigenvalue weighted by atomic mass is 10.0. The highest BCUT2D eigenvalue weighted by Crippen LogP contribution is 2.32. The highest BCUT2D eigenvalue weighted by Gasteiger charge is 2.27. The molecule has 2 amide bonds. The molecule has 1 unspecified atom stereocenters. The van der Waals surface area contributed by atoms with Crippen molar-refractivity contribution in [1.82, 2.24) is 10.6 Å². The number of nitrogens with one attached hydrogen (secondary N) is 2. The highest BCUT2D eigenvalue weighted by atomic mass is 32.1. The van der Waals surface area contributed by atoms with E-state index in [9.17, 15) is 13.6 Å². The van der Waals surface area contributed by atoms with Gasteiger partial charge in [0, 0.05) is 29.2 Å². The largest absolute Gasteiger partial charge is 0.376 e. The van der Waals surface area contributed by atoms with E-state index in [1.165, 1.54) is 17.4 Å². The maximum atomic E-state index is 14.4. The Kier molecular flexibility index (Phi) is 4.58. The first-order chi connectivity index (χ1) is 11.1. The van der Waals surface area contributed by atoms with Gasteiger partial charge in [-0.3, -0.25) is 0 Å². The van der Waals surface area contributed by atoms with Crippen molar-refractivity contribution in [2.24, 2.45) is 0 Å². The smallest absolute Gasteiger partial charge is 0.315 e. The molecule has 1 aliphatic heterocycles. The zero-order valence-corrected chi connectivity index (χ0v) is 13.3. The van der Waals surface area contributed by atoms with Gasteiger partial charge in [-0.1, -0.05) is 12.1 Å². The van der Waals surface area contributed by atoms with Crippen LogP contribution in [0.3, 0.4) is 0 Å². The maximum Gasteiger partial charge on any atom is 0.315 e. The van der Waals surface area contributed by atoms with Gasteiger partial charge in [0.25, 0.3) is 0 Å². The van der Waals surface area contributed by atoms with E-state index in [1.54, 1.807) is 17.5 Å². The van der Waals surface area contributed by atoms with Crippen molar-refractivity contribution in [3.8, 4) is 11.1 Å². The maximum absolute atomic E-state index is 14.4. The Hall–Kier alpha value is -1.99. The molecule has 1 aromatic carbocycles. The third-order valence-electron chi connectivity index (χ3n) is 3.67. The van der Waals surface area contributed by atoms with Crippen molar-refractivity contribution in [3.63, 3.8) is 0 Å². The van der Waals surface area contributed by atoms with Crippen LogP contribution in [-0.2, 0) is 11.3 Å². The number of halogens is 2. The van der Waals surface area contributed by atoms with Crippen LogP contribution in [0.15, 0.2) is 23.6 Å². The summed E-state index contributed by atoms with van der Waals surface area (Å²) in [5.74, 6) is -1.82. The summed E-state index contributed by atoms with van der Waals surface area (Å²) in [6, 6.07) is 3.94. The van der Waals surface area contributed by atoms with E-state index < -0.39 is 17.7 Å². The van der Waals surface area contributed by atoms with Crippen molar-refractivity contribution in [3.05, 3.63) is 45.7 Å². The predicted molar refractivity (Wildman–Crippen MR) is 84.3 cm³/mol. The number of carbonyl (C=O) groups excluding carboxylic acids is 1. The first-order valence-corrected chi connectivity index (χ1v) is 8.16. The van der Waals surface area contributed by atoms with E-state index in [2.05, 4.69) is 10.6 Å². The number of benzene rings is 1. The summed E-state index contributed by atoms with van der Waals surface area (Å²) in [4.78, 5) is 12.1. The molecule has 0 spiro atoms. The number of urea groups is 1. The number of rotatable bonds is 5. The molecule has 0 aliphatic carbocycles. The molecule has 1 saturated heterocycles. The van der Waals surface area contributed by atoms with Crippen LogP contribution in [0.5, 0.6) is 0 Å². The van der Waals surface area contributed by atoms with Crippen LogP contribution in [0.2, 0.25) is 0 Å². The Labute approximate surface area is 136 Å². The minimum absolute atomic E-state index is 0.148. The molecule has 2 heterocycles. The minimum Gasteiger partial charge on any atom is -0.376 e. The van der Waals surface area contributed by atoms with Gasteiger partial charge in [-0.2, -0.15) is 0 Å². The number of hydrogen-bond acceptors (Lipinski definition) is 3. The molecular formula is C16H16F2N2O2S. The van der Waals surface area contributed by atoms with Crippen molar-refractivity contribution < 1.29 is 18.3 Å². The standard InChI is InChI=1S/C16H16F2N2O2S/c1-2-22-7-10-5-9(8-23-10)11-3-4-12(15(18)14(11)17)13-6-19-16(21)20-13/h3-5,8,13H,2,6-7H2,1H3,(H2,19,20,21). The molecule has 1 fully saturated rings. The summed E-state index contributed by atoms with van der Waals surface area (Å²) in [5, 5.41) is 6.87. The van der Waals surface area contributed by atoms with Crippen LogP contribution in [0.25, 0.3) is 11.1 Å². The summed E-state index contributed by atoms with van der Waals surface area (Å²) in [5.41, 5.74) is 0.984. The van der Waals surface area contributed by atoms with Gasteiger partial charge in [0.15, 0.2) is 11.6 Å². The number of ether oxygens (including phenoxy) is 1. The molecule has 0 bridgehead atoms. The molecule has 3 rings (SSSR count). The van der Waals surface area contributed by atoms with Crippen molar-refractivity contribution in [2.75, 3.05) is 13.2 Å². The monoisotopic (exact) mass is 338 g/mol. The van der Waals surface area contributed by atoms with E-state index in [1.807, 2.05) is 6.92 Å². The fraction of sp³-hybridized carbons (Fsp3) is 0.312. The minimum atomic E-state index is -0.922. The summed E-state index contributed by atoms with van der Waals surface area (Å²) in [6.45, 7) is 3.21. The van der Waals surface area contributed by atoms with E-state index in [4.69, 9.17) is 4.74 Å². The van der Waals surface area contributed by atoms with Crippen LogP contribution < -0.4 is 10.6 Å². The van der Waals surface area contributed by atoms with Gasteiger partial charge in [0.05, 0.1) is 12.6 Å². The zero-order valence-electron chi connectivity index (χ0n) is 12.5. The normalized spacial score (nSPS) is 17.2. The molecule has 1 aliphatic rings. The fourth-order valence-electron chi connectivity index (χ4n) is 2.50. The molecule has 2 aromatic rings. The van der Waals surface area contributed by atoms with Gasteiger partial charge in [0.1, 0.15) is 0 Å². The topological polar surface area (TPSA) is 50.4 Å². The number of hydrogen-bond donors (Lipinski definition) is 2. The third-order valence-corrected chi connectivity index (χ3v) is 4.58. The third kappa shape index (κ3) is 3.20. The van der Waals surface area contributed by atoms with Crippen LogP contribution in [-0.4, -0.2) is 19.2 Å². The van der Waals surface area contributed by atoms with Crippen LogP contribution in [0, 0.1) is 11.6 Å². The zero-order chi connectivity index (χ0) is 16.4. The van der Waals surface area contributed by atoms with Gasteiger partial charge >= 0.3 is 6.03 Å². The second kappa shape index (κ2) is 6.64. The Morgan fingerprint density at radius 2 is 2.17 bits per heavy atom. The number of thiophene rings is 1. The number of carbonyl (C=O) groups is 1. The summed E-state index contributed by atoms with van der Waals surface area (Å²) in [6.07, 6.45) is 0. The lowest BCUT2D eigenvalue weighted by Gasteiger charge is -2.12. The Morgan fingerprint density at radius 1 is 1.35 bits per heavy atom. The van der Waals surface area contributed by atoms with Gasteiger partial charge in [-0.05, 0) is 23.9 Å². The van der Waals surface area contributed by atoms with Crippen LogP contribution in [0.4, 0.5) is 13.6 Å². The summed E-state index contributed by atoms with van der Waals surface area (Å²) in [7, 11) is 0. The fourth-order valence-corrected chi connectivity index (χ4v) is 3.32. The van der Waals surface area contributed by atoms with E-state index >= 15 is 0 Å². The first kappa shape index (κ1) is 15.9. The van der Waals surface area contributed by atoms with Crippen LogP contribution >= 0.6 is 11.3 Å². The highest BCUT2D eigenvalue weighted by molar-refractivity contribution is 7.10. The quantitative estimate of drug-likeness (QED) is 0.875. The van der Waals surface area contributed by atoms with Gasteiger partial charge in [-0.25, -0.2) is 13.6 Å². The molecule has 4 nitrogen and oxygen atoms in total. The molecule has 122 valence electrons. The Bertz CT molecular complexity index is 733. The van der Waals surface area contributed by atoms with E-state index in [0.29, 0.717) is 18.8 Å². The Morgan fingerprint density at radius 3 is 2.87 bits per heavy atom. The second-order valence-electron chi connectivity index (χ2n) is 5.18. The average molecular weight is 338 g/mol. The Balaban J connectivity index is 1.88. The molecule has 2 N–H and O–H groups in total. The lowest BCUT2D eigenvalue weighted by molar-refractivity contribution is 0.136. The first-order valence-electron chi connectivity index (χ1n) is 7.28. The van der Waals surface area contributed by atoms with Gasteiger partial charge in [0.2, 0.25) is 0 Å². The van der Waals surface area contributed by atoms with Crippen molar-refractivity contribution in [1.29, 1.82) is 0 Å². The summed E-state index contributed by atoms with van der Waals surface area (Å²) >= 11 is 1.45. The van der Waals surface area contributed by atoms with Gasteiger partial charge in [-0.15, -0.1) is 11.3 Å². The molecule has 7 heteroatoms. The molecule has 0 radical (unpaired) electrons. The molecular weight excluding hydrogens is 322 g/mol. The average Bonchev–Trinajstić information content (AvgIpc) is 3.17. The van der Waals surface area contributed by atoms with Crippen LogP contribution in [0.1, 0.15) is 23.4 Å². The second-order valence-corrected chi connectivity index (χ2v) is 6.17. The SMILES string of the molecule is CCOCc1cc(-c2ccc(C3CNC(=O)N3)c(F)c2F)cs1. The molecule has 1 aromatic heterocycles. The van der Waals surface area contributed by atoms with Gasteiger partial charge < -0.3 is 15.4 Å². The van der Waals surface area contributed by atoms with E-state index in [-0.39, 0.29) is 23.7 Å². The molecule has 0 saturated carbocycles. The summed E-state index contributed by atoms with van der Waals surface area (Å²) < 4.78 is 34.1. The number of amides is 2. The van der Waals surface area contributed by atoms with E-state index in [0.717, 1.165) is 4.88 Å². The van der Waals surface area contributed by atoms with Crippen molar-refractivity contribution in [2.45, 2.75) is 19.6 Å². The predicted octanol–water partition coefficient (Wildman–Crippen LogP) is 3.58. The molecule has 23 heavy (non-hydrogen) atoms. The van der Waals surface area contributed by atoms with Crippen molar-refractivity contribution >= 4 is 17.4 Å². The molecule has 1 atom stereocenters. The lowest BCUT2D eigenvalue weighted by Crippen LogP contribution is -2.22.